The minimum Gasteiger partial charge on any atom is -0.481 e. The smallest absolute Gasteiger partial charge is 0.303 e. The maximum Gasteiger partial charge on any atom is 0.303 e. The summed E-state index contributed by atoms with van der Waals surface area (Å²) in [4.78, 5) is 21.4. The largest absolute Gasteiger partial charge is 0.481 e. The lowest BCUT2D eigenvalue weighted by Crippen LogP contribution is -2.45. The van der Waals surface area contributed by atoms with Gasteiger partial charge in [0.1, 0.15) is 0 Å². The second-order valence-corrected chi connectivity index (χ2v) is 3.13. The van der Waals surface area contributed by atoms with Crippen molar-refractivity contribution in [1.29, 1.82) is 0 Å². The zero-order chi connectivity index (χ0) is 11.1. The standard InChI is InChI=1S/C8H16N2O4/c1-5(4-11)10-8(14)6(9)2-3-7(12)13/h5-6,11H,2-4,9H2,1H3,(H,10,14)(H,12,13)/t5-,6?/m0/s1. The van der Waals surface area contributed by atoms with Crippen LogP contribution < -0.4 is 11.1 Å². The van der Waals surface area contributed by atoms with Crippen molar-refractivity contribution in [3.63, 3.8) is 0 Å². The van der Waals surface area contributed by atoms with Crippen LogP contribution in [0.2, 0.25) is 0 Å². The lowest BCUT2D eigenvalue weighted by Gasteiger charge is -2.14. The van der Waals surface area contributed by atoms with Gasteiger partial charge in [-0.15, -0.1) is 0 Å². The Balaban J connectivity index is 3.81. The summed E-state index contributed by atoms with van der Waals surface area (Å²) in [5.41, 5.74) is 5.41. The highest BCUT2D eigenvalue weighted by Crippen LogP contribution is 1.95. The quantitative estimate of drug-likeness (QED) is 0.428. The van der Waals surface area contributed by atoms with Gasteiger partial charge in [-0.2, -0.15) is 0 Å². The highest BCUT2D eigenvalue weighted by atomic mass is 16.4. The van der Waals surface area contributed by atoms with Gasteiger partial charge in [0.25, 0.3) is 0 Å². The van der Waals surface area contributed by atoms with Gasteiger partial charge in [-0.1, -0.05) is 0 Å². The maximum absolute atomic E-state index is 11.2. The molecule has 0 heterocycles. The fourth-order valence-electron chi connectivity index (χ4n) is 0.806. The number of carboxylic acids is 1. The molecular formula is C8H16N2O4. The van der Waals surface area contributed by atoms with E-state index >= 15 is 0 Å². The molecule has 0 aromatic rings. The molecule has 0 bridgehead atoms. The molecule has 0 fully saturated rings. The van der Waals surface area contributed by atoms with E-state index in [4.69, 9.17) is 15.9 Å². The van der Waals surface area contributed by atoms with Crippen molar-refractivity contribution >= 4 is 11.9 Å². The van der Waals surface area contributed by atoms with Crippen LogP contribution in [0.5, 0.6) is 0 Å². The van der Waals surface area contributed by atoms with Crippen molar-refractivity contribution in [1.82, 2.24) is 5.32 Å². The lowest BCUT2D eigenvalue weighted by molar-refractivity contribution is -0.137. The summed E-state index contributed by atoms with van der Waals surface area (Å²) in [5, 5.41) is 19.4. The molecule has 1 amide bonds. The molecule has 0 aromatic carbocycles. The zero-order valence-electron chi connectivity index (χ0n) is 8.06. The molecular weight excluding hydrogens is 188 g/mol. The van der Waals surface area contributed by atoms with Crippen LogP contribution in [0.3, 0.4) is 0 Å². The van der Waals surface area contributed by atoms with E-state index in [1.807, 2.05) is 0 Å². The number of rotatable bonds is 6. The summed E-state index contributed by atoms with van der Waals surface area (Å²) in [5.74, 6) is -1.42. The van der Waals surface area contributed by atoms with Crippen molar-refractivity contribution in [3.8, 4) is 0 Å². The van der Waals surface area contributed by atoms with E-state index in [0.717, 1.165) is 0 Å². The molecule has 82 valence electrons. The molecule has 14 heavy (non-hydrogen) atoms. The predicted molar refractivity (Wildman–Crippen MR) is 49.5 cm³/mol. The van der Waals surface area contributed by atoms with Gasteiger partial charge in [0.05, 0.1) is 12.6 Å². The van der Waals surface area contributed by atoms with E-state index < -0.39 is 17.9 Å². The monoisotopic (exact) mass is 204 g/mol. The number of carboxylic acid groups (broad SMARTS) is 1. The lowest BCUT2D eigenvalue weighted by atomic mass is 10.1. The Bertz CT molecular complexity index is 208. The van der Waals surface area contributed by atoms with Gasteiger partial charge < -0.3 is 21.3 Å². The number of aliphatic hydroxyl groups excluding tert-OH is 1. The number of aliphatic carboxylic acids is 1. The fourth-order valence-corrected chi connectivity index (χ4v) is 0.806. The molecule has 1 unspecified atom stereocenters. The first-order chi connectivity index (χ1) is 6.47. The van der Waals surface area contributed by atoms with Gasteiger partial charge in [-0.3, -0.25) is 9.59 Å². The second-order valence-electron chi connectivity index (χ2n) is 3.13. The molecule has 2 atom stereocenters. The van der Waals surface area contributed by atoms with Crippen LogP contribution >= 0.6 is 0 Å². The van der Waals surface area contributed by atoms with Crippen LogP contribution in [0.4, 0.5) is 0 Å². The molecule has 0 rings (SSSR count). The Morgan fingerprint density at radius 2 is 2.07 bits per heavy atom. The summed E-state index contributed by atoms with van der Waals surface area (Å²) < 4.78 is 0. The van der Waals surface area contributed by atoms with Crippen LogP contribution in [-0.2, 0) is 9.59 Å². The fraction of sp³-hybridized carbons (Fsp3) is 0.750. The third kappa shape index (κ3) is 5.50. The molecule has 6 heteroatoms. The number of carbonyl (C=O) groups is 2. The van der Waals surface area contributed by atoms with Crippen molar-refractivity contribution in [2.75, 3.05) is 6.61 Å². The average molecular weight is 204 g/mol. The van der Waals surface area contributed by atoms with Crippen molar-refractivity contribution in [2.24, 2.45) is 5.73 Å². The van der Waals surface area contributed by atoms with Gasteiger partial charge >= 0.3 is 5.97 Å². The summed E-state index contributed by atoms with van der Waals surface area (Å²) >= 11 is 0. The van der Waals surface area contributed by atoms with Crippen LogP contribution in [0.15, 0.2) is 0 Å². The average Bonchev–Trinajstić information content (AvgIpc) is 2.13. The van der Waals surface area contributed by atoms with Gasteiger partial charge in [0, 0.05) is 12.5 Å². The van der Waals surface area contributed by atoms with Crippen molar-refractivity contribution in [3.05, 3.63) is 0 Å². The molecule has 0 aliphatic carbocycles. The Labute approximate surface area is 82.1 Å². The summed E-state index contributed by atoms with van der Waals surface area (Å²) in [6.45, 7) is 1.46. The Morgan fingerprint density at radius 1 is 1.50 bits per heavy atom. The first-order valence-electron chi connectivity index (χ1n) is 4.36. The Morgan fingerprint density at radius 3 is 2.50 bits per heavy atom. The predicted octanol–water partition coefficient (Wildman–Crippen LogP) is -1.32. The molecule has 0 spiro atoms. The van der Waals surface area contributed by atoms with E-state index in [-0.39, 0.29) is 25.5 Å². The van der Waals surface area contributed by atoms with Crippen LogP contribution in [0, 0.1) is 0 Å². The minimum absolute atomic E-state index is 0.0965. The summed E-state index contributed by atoms with van der Waals surface area (Å²) in [6.07, 6.45) is -0.0403. The first-order valence-corrected chi connectivity index (χ1v) is 4.36. The van der Waals surface area contributed by atoms with Crippen LogP contribution in [0.25, 0.3) is 0 Å². The van der Waals surface area contributed by atoms with Crippen molar-refractivity contribution in [2.45, 2.75) is 31.8 Å². The number of aliphatic hydroxyl groups is 1. The molecule has 0 aliphatic heterocycles. The number of hydrogen-bond acceptors (Lipinski definition) is 4. The SMILES string of the molecule is C[C@@H](CO)NC(=O)C(N)CCC(=O)O. The molecule has 0 saturated heterocycles. The maximum atomic E-state index is 11.2. The van der Waals surface area contributed by atoms with Crippen molar-refractivity contribution < 1.29 is 19.8 Å². The van der Waals surface area contributed by atoms with E-state index in [1.54, 1.807) is 6.92 Å². The van der Waals surface area contributed by atoms with Gasteiger partial charge in [0.15, 0.2) is 0 Å². The van der Waals surface area contributed by atoms with E-state index in [1.165, 1.54) is 0 Å². The van der Waals surface area contributed by atoms with E-state index in [9.17, 15) is 9.59 Å². The van der Waals surface area contributed by atoms with Gasteiger partial charge in [-0.25, -0.2) is 0 Å². The molecule has 0 aliphatic rings. The second kappa shape index (κ2) is 6.33. The first kappa shape index (κ1) is 12.9. The van der Waals surface area contributed by atoms with E-state index in [2.05, 4.69) is 5.32 Å². The number of carbonyl (C=O) groups excluding carboxylic acids is 1. The van der Waals surface area contributed by atoms with Gasteiger partial charge in [-0.05, 0) is 13.3 Å². The van der Waals surface area contributed by atoms with E-state index in [0.29, 0.717) is 0 Å². The number of amides is 1. The molecule has 0 aromatic heterocycles. The third-order valence-corrected chi connectivity index (χ3v) is 1.67. The minimum atomic E-state index is -0.983. The molecule has 0 saturated carbocycles. The number of hydrogen-bond donors (Lipinski definition) is 4. The highest BCUT2D eigenvalue weighted by Gasteiger charge is 2.16. The molecule has 6 nitrogen and oxygen atoms in total. The zero-order valence-corrected chi connectivity index (χ0v) is 8.06. The summed E-state index contributed by atoms with van der Waals surface area (Å²) in [7, 11) is 0. The van der Waals surface area contributed by atoms with Crippen LogP contribution in [-0.4, -0.2) is 40.8 Å². The summed E-state index contributed by atoms with van der Waals surface area (Å²) in [6, 6.07) is -1.20. The van der Waals surface area contributed by atoms with Gasteiger partial charge in [0.2, 0.25) is 5.91 Å². The topological polar surface area (TPSA) is 113 Å². The van der Waals surface area contributed by atoms with Crippen LogP contribution in [0.1, 0.15) is 19.8 Å². The number of nitrogens with two attached hydrogens (primary N) is 1. The normalized spacial score (nSPS) is 14.5. The third-order valence-electron chi connectivity index (χ3n) is 1.67. The molecule has 5 N–H and O–H groups in total. The number of nitrogens with one attached hydrogen (secondary N) is 1. The highest BCUT2D eigenvalue weighted by molar-refractivity contribution is 5.82. The Hall–Kier alpha value is -1.14. The Kier molecular flexibility index (Phi) is 5.82. The molecule has 0 radical (unpaired) electrons.